The number of aromatic nitrogens is 2. The molecule has 0 saturated carbocycles. The number of carbonyl (C=O) groups is 2. The maximum Gasteiger partial charge on any atom is 0.296 e. The molecule has 0 saturated heterocycles. The monoisotopic (exact) mass is 417 g/mol. The molecule has 1 aliphatic rings. The molecule has 4 aromatic rings. The van der Waals surface area contributed by atoms with Crippen molar-refractivity contribution in [3.63, 3.8) is 0 Å². The first-order chi connectivity index (χ1) is 14.5. The van der Waals surface area contributed by atoms with Crippen LogP contribution in [0.4, 0.5) is 5.13 Å². The van der Waals surface area contributed by atoms with Crippen molar-refractivity contribution >= 4 is 39.1 Å². The average molecular weight is 417 g/mol. The minimum absolute atomic E-state index is 0.0434. The van der Waals surface area contributed by atoms with Gasteiger partial charge in [0.2, 0.25) is 10.9 Å². The van der Waals surface area contributed by atoms with Crippen LogP contribution in [-0.4, -0.2) is 27.0 Å². The zero-order valence-corrected chi connectivity index (χ0v) is 16.6. The molecule has 2 aromatic carbocycles. The Labute approximate surface area is 174 Å². The highest BCUT2D eigenvalue weighted by atomic mass is 32.1. The Kier molecular flexibility index (Phi) is 4.22. The van der Waals surface area contributed by atoms with Gasteiger partial charge in [-0.3, -0.25) is 14.5 Å². The number of Topliss-reactive ketones (excluding diaryl/α,β-unsaturated/α-hetero) is 1. The van der Waals surface area contributed by atoms with Crippen molar-refractivity contribution in [3.05, 3.63) is 88.3 Å². The summed E-state index contributed by atoms with van der Waals surface area (Å²) in [5.74, 6) is -1.79. The Morgan fingerprint density at radius 3 is 2.53 bits per heavy atom. The minimum Gasteiger partial charge on any atom is -0.503 e. The standard InChI is InChI=1S/C22H15N3O4S/c1-12-23-24-22(30-12)25-18(13-7-3-2-4-8-13)17(20(27)21(25)28)19(26)16-11-14-9-5-6-10-15(14)29-16/h2-11,18,27H,1H3. The topological polar surface area (TPSA) is 96.5 Å². The van der Waals surface area contributed by atoms with E-state index in [1.54, 1.807) is 31.2 Å². The number of carbonyl (C=O) groups excluding carboxylic acids is 2. The molecule has 0 spiro atoms. The number of aryl methyl sites for hydroxylation is 1. The van der Waals surface area contributed by atoms with E-state index in [9.17, 15) is 14.7 Å². The van der Waals surface area contributed by atoms with Crippen LogP contribution in [0.5, 0.6) is 0 Å². The van der Waals surface area contributed by atoms with E-state index in [-0.39, 0.29) is 11.3 Å². The normalized spacial score (nSPS) is 16.6. The third-order valence-corrected chi connectivity index (χ3v) is 5.78. The summed E-state index contributed by atoms with van der Waals surface area (Å²) in [6, 6.07) is 17.0. The smallest absolute Gasteiger partial charge is 0.296 e. The number of hydrogen-bond acceptors (Lipinski definition) is 7. The summed E-state index contributed by atoms with van der Waals surface area (Å²) in [5.41, 5.74) is 1.18. The van der Waals surface area contributed by atoms with Crippen LogP contribution in [0.3, 0.4) is 0 Å². The van der Waals surface area contributed by atoms with E-state index < -0.39 is 23.5 Å². The number of hydrogen-bond donors (Lipinski definition) is 1. The van der Waals surface area contributed by atoms with Crippen molar-refractivity contribution in [2.75, 3.05) is 4.90 Å². The minimum atomic E-state index is -0.841. The number of anilines is 1. The molecule has 1 aliphatic heterocycles. The average Bonchev–Trinajstić information content (AvgIpc) is 3.45. The molecule has 1 unspecified atom stereocenters. The van der Waals surface area contributed by atoms with Crippen LogP contribution in [0.25, 0.3) is 11.0 Å². The van der Waals surface area contributed by atoms with Gasteiger partial charge in [0, 0.05) is 5.39 Å². The molecule has 0 radical (unpaired) electrons. The number of ketones is 1. The van der Waals surface area contributed by atoms with E-state index in [4.69, 9.17) is 4.42 Å². The lowest BCUT2D eigenvalue weighted by Crippen LogP contribution is -2.31. The van der Waals surface area contributed by atoms with E-state index in [1.165, 1.54) is 16.2 Å². The Balaban J connectivity index is 1.66. The predicted molar refractivity (Wildman–Crippen MR) is 112 cm³/mol. The second kappa shape index (κ2) is 6.93. The number of furan rings is 1. The fourth-order valence-electron chi connectivity index (χ4n) is 3.60. The van der Waals surface area contributed by atoms with Crippen LogP contribution in [0.15, 0.2) is 76.4 Å². The SMILES string of the molecule is Cc1nnc(N2C(=O)C(O)=C(C(=O)c3cc4ccccc4o3)C2c2ccccc2)s1. The van der Waals surface area contributed by atoms with Gasteiger partial charge in [-0.05, 0) is 24.6 Å². The van der Waals surface area contributed by atoms with Crippen LogP contribution in [0, 0.1) is 6.92 Å². The number of para-hydroxylation sites is 1. The van der Waals surface area contributed by atoms with Crippen LogP contribution < -0.4 is 4.90 Å². The molecular weight excluding hydrogens is 402 g/mol. The second-order valence-corrected chi connectivity index (χ2v) is 7.99. The Morgan fingerprint density at radius 2 is 1.83 bits per heavy atom. The lowest BCUT2D eigenvalue weighted by Gasteiger charge is -2.23. The maximum absolute atomic E-state index is 13.4. The second-order valence-electron chi connectivity index (χ2n) is 6.83. The van der Waals surface area contributed by atoms with Crippen molar-refractivity contribution < 1.29 is 19.1 Å². The number of rotatable bonds is 4. The summed E-state index contributed by atoms with van der Waals surface area (Å²) in [5, 5.41) is 20.5. The molecule has 3 heterocycles. The highest BCUT2D eigenvalue weighted by molar-refractivity contribution is 7.15. The summed E-state index contributed by atoms with van der Waals surface area (Å²) in [4.78, 5) is 27.7. The highest BCUT2D eigenvalue weighted by Crippen LogP contribution is 2.42. The zero-order valence-electron chi connectivity index (χ0n) is 15.8. The lowest BCUT2D eigenvalue weighted by atomic mass is 9.95. The number of nitrogens with zero attached hydrogens (tertiary/aromatic N) is 3. The molecule has 2 aromatic heterocycles. The van der Waals surface area contributed by atoms with Crippen LogP contribution >= 0.6 is 11.3 Å². The summed E-state index contributed by atoms with van der Waals surface area (Å²) < 4.78 is 5.71. The lowest BCUT2D eigenvalue weighted by molar-refractivity contribution is -0.117. The number of aliphatic hydroxyl groups is 1. The fraction of sp³-hybridized carbons (Fsp3) is 0.0909. The van der Waals surface area contributed by atoms with Gasteiger partial charge in [0.1, 0.15) is 10.6 Å². The van der Waals surface area contributed by atoms with Crippen molar-refractivity contribution in [3.8, 4) is 0 Å². The fourth-order valence-corrected chi connectivity index (χ4v) is 4.31. The summed E-state index contributed by atoms with van der Waals surface area (Å²) in [6.45, 7) is 1.77. The quantitative estimate of drug-likeness (QED) is 0.495. The Hall–Kier alpha value is -3.78. The molecule has 8 heteroatoms. The predicted octanol–water partition coefficient (Wildman–Crippen LogP) is 4.38. The van der Waals surface area contributed by atoms with Gasteiger partial charge in [0.25, 0.3) is 5.91 Å². The number of benzene rings is 2. The van der Waals surface area contributed by atoms with Crippen molar-refractivity contribution in [2.24, 2.45) is 0 Å². The molecule has 1 N–H and O–H groups in total. The van der Waals surface area contributed by atoms with Gasteiger partial charge >= 0.3 is 0 Å². The first-order valence-electron chi connectivity index (χ1n) is 9.19. The zero-order chi connectivity index (χ0) is 20.8. The van der Waals surface area contributed by atoms with Gasteiger partial charge in [0.05, 0.1) is 11.6 Å². The van der Waals surface area contributed by atoms with E-state index in [1.807, 2.05) is 36.4 Å². The Bertz CT molecular complexity index is 1290. The largest absolute Gasteiger partial charge is 0.503 e. The van der Waals surface area contributed by atoms with Gasteiger partial charge in [-0.1, -0.05) is 59.9 Å². The third-order valence-electron chi connectivity index (χ3n) is 4.94. The third kappa shape index (κ3) is 2.81. The van der Waals surface area contributed by atoms with Gasteiger partial charge in [-0.2, -0.15) is 0 Å². The molecule has 1 amide bonds. The molecule has 1 atom stereocenters. The van der Waals surface area contributed by atoms with Crippen molar-refractivity contribution in [1.29, 1.82) is 0 Å². The van der Waals surface area contributed by atoms with E-state index in [0.29, 0.717) is 21.3 Å². The van der Waals surface area contributed by atoms with Gasteiger partial charge in [-0.15, -0.1) is 10.2 Å². The number of amides is 1. The van der Waals surface area contributed by atoms with Crippen molar-refractivity contribution in [2.45, 2.75) is 13.0 Å². The first kappa shape index (κ1) is 18.3. The van der Waals surface area contributed by atoms with Gasteiger partial charge in [0.15, 0.2) is 11.5 Å². The molecule has 30 heavy (non-hydrogen) atoms. The maximum atomic E-state index is 13.4. The molecule has 0 fully saturated rings. The van der Waals surface area contributed by atoms with Gasteiger partial charge < -0.3 is 9.52 Å². The van der Waals surface area contributed by atoms with E-state index in [2.05, 4.69) is 10.2 Å². The first-order valence-corrected chi connectivity index (χ1v) is 10.0. The summed E-state index contributed by atoms with van der Waals surface area (Å²) >= 11 is 1.21. The van der Waals surface area contributed by atoms with E-state index >= 15 is 0 Å². The molecule has 0 bridgehead atoms. The van der Waals surface area contributed by atoms with Gasteiger partial charge in [-0.25, -0.2) is 0 Å². The van der Waals surface area contributed by atoms with Crippen LogP contribution in [0.2, 0.25) is 0 Å². The van der Waals surface area contributed by atoms with Crippen LogP contribution in [-0.2, 0) is 4.79 Å². The summed E-state index contributed by atoms with van der Waals surface area (Å²) in [7, 11) is 0. The molecular formula is C22H15N3O4S. The molecule has 0 aliphatic carbocycles. The summed E-state index contributed by atoms with van der Waals surface area (Å²) in [6.07, 6.45) is 0. The number of aliphatic hydroxyl groups excluding tert-OH is 1. The molecule has 148 valence electrons. The van der Waals surface area contributed by atoms with E-state index in [0.717, 1.165) is 5.39 Å². The highest BCUT2D eigenvalue weighted by Gasteiger charge is 2.46. The number of fused-ring (bicyclic) bond motifs is 1. The van der Waals surface area contributed by atoms with Crippen LogP contribution in [0.1, 0.15) is 27.2 Å². The Morgan fingerprint density at radius 1 is 1.10 bits per heavy atom. The molecule has 7 nitrogen and oxygen atoms in total. The molecule has 5 rings (SSSR count). The van der Waals surface area contributed by atoms with Crippen molar-refractivity contribution in [1.82, 2.24) is 10.2 Å².